The fourth-order valence-corrected chi connectivity index (χ4v) is 2.71. The molecule has 106 valence electrons. The molecule has 1 aliphatic carbocycles. The van der Waals surface area contributed by atoms with E-state index in [0.717, 1.165) is 36.5 Å². The summed E-state index contributed by atoms with van der Waals surface area (Å²) in [6, 6.07) is 5.75. The third-order valence-corrected chi connectivity index (χ3v) is 4.17. The van der Waals surface area contributed by atoms with Gasteiger partial charge in [0.25, 0.3) is 0 Å². The molecule has 0 radical (unpaired) electrons. The summed E-state index contributed by atoms with van der Waals surface area (Å²) in [6.45, 7) is 0. The van der Waals surface area contributed by atoms with Gasteiger partial charge < -0.3 is 5.32 Å². The summed E-state index contributed by atoms with van der Waals surface area (Å²) < 4.78 is 1.96. The number of pyridine rings is 1. The van der Waals surface area contributed by atoms with Crippen molar-refractivity contribution in [3.63, 3.8) is 0 Å². The molecule has 3 rings (SSSR count). The molecule has 6 heteroatoms. The van der Waals surface area contributed by atoms with E-state index in [1.165, 1.54) is 0 Å². The van der Waals surface area contributed by atoms with Crippen LogP contribution in [0, 0.1) is 5.92 Å². The van der Waals surface area contributed by atoms with Gasteiger partial charge in [-0.2, -0.15) is 11.8 Å². The molecule has 20 heavy (non-hydrogen) atoms. The smallest absolute Gasteiger partial charge is 0.223 e. The molecule has 5 nitrogen and oxygen atoms in total. The molecule has 2 aromatic rings. The summed E-state index contributed by atoms with van der Waals surface area (Å²) in [5.41, 5.74) is 0.817. The van der Waals surface area contributed by atoms with Crippen molar-refractivity contribution >= 4 is 23.3 Å². The van der Waals surface area contributed by atoms with Crippen molar-refractivity contribution < 1.29 is 4.79 Å². The van der Waals surface area contributed by atoms with Crippen LogP contribution in [-0.2, 0) is 4.79 Å². The lowest BCUT2D eigenvalue weighted by Gasteiger charge is -2.16. The van der Waals surface area contributed by atoms with Gasteiger partial charge in [0.1, 0.15) is 0 Å². The van der Waals surface area contributed by atoms with Crippen LogP contribution in [0.4, 0.5) is 0 Å². The normalized spacial score (nSPS) is 16.2. The van der Waals surface area contributed by atoms with Crippen LogP contribution < -0.4 is 5.32 Å². The lowest BCUT2D eigenvalue weighted by atomic mass is 10.2. The summed E-state index contributed by atoms with van der Waals surface area (Å²) in [5.74, 6) is 2.18. The number of aromatic nitrogens is 3. The molecule has 2 heterocycles. The van der Waals surface area contributed by atoms with Crippen molar-refractivity contribution in [1.29, 1.82) is 0 Å². The monoisotopic (exact) mass is 290 g/mol. The molecule has 1 aliphatic rings. The number of fused-ring (bicyclic) bond motifs is 1. The zero-order chi connectivity index (χ0) is 13.9. The first-order chi connectivity index (χ1) is 9.79. The van der Waals surface area contributed by atoms with Crippen LogP contribution in [-0.4, -0.2) is 32.5 Å². The van der Waals surface area contributed by atoms with Gasteiger partial charge in [-0.05, 0) is 43.4 Å². The molecule has 0 saturated heterocycles. The number of hydrogen-bond donors (Lipinski definition) is 1. The fourth-order valence-electron chi connectivity index (χ4n) is 2.23. The first kappa shape index (κ1) is 13.4. The molecule has 0 spiro atoms. The molecule has 1 saturated carbocycles. The van der Waals surface area contributed by atoms with Crippen LogP contribution in [0.2, 0.25) is 0 Å². The fraction of sp³-hybridized carbons (Fsp3) is 0.500. The highest BCUT2D eigenvalue weighted by molar-refractivity contribution is 7.98. The molecule has 1 atom stereocenters. The van der Waals surface area contributed by atoms with Crippen LogP contribution in [0.25, 0.3) is 5.65 Å². The Morgan fingerprint density at radius 1 is 1.50 bits per heavy atom. The maximum Gasteiger partial charge on any atom is 0.223 e. The van der Waals surface area contributed by atoms with E-state index in [1.807, 2.05) is 28.8 Å². The standard InChI is InChI=1S/C14H18N4OS/c1-20-9-7-11(15-14(19)10-5-6-10)13-17-16-12-4-2-3-8-18(12)13/h2-4,8,10-11H,5-7,9H2,1H3,(H,15,19)/t11-/m1/s1. The molecular formula is C14H18N4OS. The molecule has 0 bridgehead atoms. The minimum Gasteiger partial charge on any atom is -0.346 e. The third-order valence-electron chi connectivity index (χ3n) is 3.53. The van der Waals surface area contributed by atoms with E-state index in [4.69, 9.17) is 0 Å². The highest BCUT2D eigenvalue weighted by atomic mass is 32.2. The van der Waals surface area contributed by atoms with Crippen molar-refractivity contribution in [3.8, 4) is 0 Å². The van der Waals surface area contributed by atoms with Crippen molar-refractivity contribution in [2.75, 3.05) is 12.0 Å². The van der Waals surface area contributed by atoms with Gasteiger partial charge in [0.15, 0.2) is 11.5 Å². The van der Waals surface area contributed by atoms with E-state index < -0.39 is 0 Å². The molecule has 0 aliphatic heterocycles. The number of nitrogens with zero attached hydrogens (tertiary/aromatic N) is 3. The SMILES string of the molecule is CSCC[C@@H](NC(=O)C1CC1)c1nnc2ccccn12. The van der Waals surface area contributed by atoms with Crippen LogP contribution in [0.1, 0.15) is 31.1 Å². The average molecular weight is 290 g/mol. The zero-order valence-corrected chi connectivity index (χ0v) is 12.3. The Kier molecular flexibility index (Phi) is 3.91. The second kappa shape index (κ2) is 5.83. The summed E-state index contributed by atoms with van der Waals surface area (Å²) in [6.07, 6.45) is 6.92. The van der Waals surface area contributed by atoms with Gasteiger partial charge in [0.05, 0.1) is 6.04 Å². The second-order valence-corrected chi connectivity index (χ2v) is 6.09. The molecular weight excluding hydrogens is 272 g/mol. The van der Waals surface area contributed by atoms with Gasteiger partial charge in [-0.3, -0.25) is 9.20 Å². The second-order valence-electron chi connectivity index (χ2n) is 5.10. The highest BCUT2D eigenvalue weighted by Gasteiger charge is 2.32. The number of hydrogen-bond acceptors (Lipinski definition) is 4. The number of thioether (sulfide) groups is 1. The number of carbonyl (C=O) groups excluding carboxylic acids is 1. The van der Waals surface area contributed by atoms with Gasteiger partial charge in [0, 0.05) is 12.1 Å². The molecule has 1 fully saturated rings. The van der Waals surface area contributed by atoms with E-state index in [9.17, 15) is 4.79 Å². The molecule has 1 N–H and O–H groups in total. The van der Waals surface area contributed by atoms with E-state index in [-0.39, 0.29) is 17.9 Å². The van der Waals surface area contributed by atoms with E-state index in [2.05, 4.69) is 21.8 Å². The van der Waals surface area contributed by atoms with Gasteiger partial charge in [-0.1, -0.05) is 6.07 Å². The number of rotatable bonds is 6. The van der Waals surface area contributed by atoms with Crippen molar-refractivity contribution in [2.45, 2.75) is 25.3 Å². The first-order valence-electron chi connectivity index (χ1n) is 6.88. The van der Waals surface area contributed by atoms with Crippen LogP contribution >= 0.6 is 11.8 Å². The Morgan fingerprint density at radius 3 is 3.10 bits per heavy atom. The van der Waals surface area contributed by atoms with Crippen molar-refractivity contribution in [3.05, 3.63) is 30.2 Å². The maximum absolute atomic E-state index is 12.0. The van der Waals surface area contributed by atoms with Gasteiger partial charge in [0.2, 0.25) is 5.91 Å². The molecule has 0 aromatic carbocycles. The zero-order valence-electron chi connectivity index (χ0n) is 11.5. The number of carbonyl (C=O) groups is 1. The van der Waals surface area contributed by atoms with E-state index in [1.54, 1.807) is 11.8 Å². The van der Waals surface area contributed by atoms with E-state index >= 15 is 0 Å². The lowest BCUT2D eigenvalue weighted by Crippen LogP contribution is -2.31. The van der Waals surface area contributed by atoms with Crippen LogP contribution in [0.5, 0.6) is 0 Å². The van der Waals surface area contributed by atoms with E-state index in [0.29, 0.717) is 0 Å². The number of amides is 1. The summed E-state index contributed by atoms with van der Waals surface area (Å²) >= 11 is 1.77. The first-order valence-corrected chi connectivity index (χ1v) is 8.28. The maximum atomic E-state index is 12.0. The Labute approximate surface area is 122 Å². The van der Waals surface area contributed by atoms with Gasteiger partial charge in [-0.25, -0.2) is 0 Å². The largest absolute Gasteiger partial charge is 0.346 e. The molecule has 2 aromatic heterocycles. The Hall–Kier alpha value is -1.56. The van der Waals surface area contributed by atoms with Crippen molar-refractivity contribution in [1.82, 2.24) is 19.9 Å². The van der Waals surface area contributed by atoms with Gasteiger partial charge >= 0.3 is 0 Å². The quantitative estimate of drug-likeness (QED) is 0.884. The minimum absolute atomic E-state index is 0.0621. The lowest BCUT2D eigenvalue weighted by molar-refractivity contribution is -0.123. The Balaban J connectivity index is 1.84. The summed E-state index contributed by atoms with van der Waals surface area (Å²) in [4.78, 5) is 12.0. The van der Waals surface area contributed by atoms with Crippen molar-refractivity contribution in [2.24, 2.45) is 5.92 Å². The summed E-state index contributed by atoms with van der Waals surface area (Å²) in [5, 5.41) is 11.6. The highest BCUT2D eigenvalue weighted by Crippen LogP contribution is 2.30. The van der Waals surface area contributed by atoms with Crippen LogP contribution in [0.15, 0.2) is 24.4 Å². The topological polar surface area (TPSA) is 59.3 Å². The minimum atomic E-state index is -0.0621. The average Bonchev–Trinajstić information content (AvgIpc) is 3.23. The Bertz CT molecular complexity index is 608. The summed E-state index contributed by atoms with van der Waals surface area (Å²) in [7, 11) is 0. The van der Waals surface area contributed by atoms with Gasteiger partial charge in [-0.15, -0.1) is 10.2 Å². The molecule has 1 amide bonds. The number of nitrogens with one attached hydrogen (secondary N) is 1. The Morgan fingerprint density at radius 2 is 2.35 bits per heavy atom. The predicted molar refractivity (Wildman–Crippen MR) is 79.6 cm³/mol. The molecule has 0 unspecified atom stereocenters. The van der Waals surface area contributed by atoms with Crippen LogP contribution in [0.3, 0.4) is 0 Å². The third kappa shape index (κ3) is 2.80. The predicted octanol–water partition coefficient (Wildman–Crippen LogP) is 2.05.